The summed E-state index contributed by atoms with van der Waals surface area (Å²) < 4.78 is 0. The molecule has 1 aliphatic rings. The van der Waals surface area contributed by atoms with Crippen molar-refractivity contribution in [1.29, 1.82) is 0 Å². The number of hydrogen-bond acceptors (Lipinski definition) is 3. The monoisotopic (exact) mass is 140 g/mol. The van der Waals surface area contributed by atoms with Crippen LogP contribution >= 0.6 is 0 Å². The maximum Gasteiger partial charge on any atom is 0.160 e. The van der Waals surface area contributed by atoms with Crippen molar-refractivity contribution in [2.45, 2.75) is 12.6 Å². The van der Waals surface area contributed by atoms with Gasteiger partial charge in [-0.15, -0.1) is 0 Å². The fourth-order valence-corrected chi connectivity index (χ4v) is 0.869. The van der Waals surface area contributed by atoms with E-state index in [2.05, 4.69) is 0 Å². The molecule has 0 radical (unpaired) electrons. The Balaban J connectivity index is 2.93. The first-order valence-corrected chi connectivity index (χ1v) is 3.21. The van der Waals surface area contributed by atoms with Crippen molar-refractivity contribution in [3.8, 4) is 0 Å². The van der Waals surface area contributed by atoms with Gasteiger partial charge in [0.15, 0.2) is 5.72 Å². The Hall–Kier alpha value is -0.800. The van der Waals surface area contributed by atoms with Gasteiger partial charge in [-0.1, -0.05) is 19.1 Å². The molecule has 0 amide bonds. The Labute approximate surface area is 60.0 Å². The first kappa shape index (κ1) is 7.31. The zero-order valence-electron chi connectivity index (χ0n) is 5.91. The fraction of sp³-hybridized carbons (Fsp3) is 0.429. The molecule has 56 valence electrons. The van der Waals surface area contributed by atoms with Gasteiger partial charge in [-0.3, -0.25) is 5.73 Å². The third kappa shape index (κ3) is 0.936. The highest BCUT2D eigenvalue weighted by atomic mass is 16.3. The molecule has 0 aromatic carbocycles. The Morgan fingerprint density at radius 2 is 2.30 bits per heavy atom. The standard InChI is InChI=1S/C7H12N2O/c1-5-3-2-4-6(8)7(5,9)10/h2-5,10H,8-9H2,1H3. The van der Waals surface area contributed by atoms with Crippen LogP contribution in [0.2, 0.25) is 0 Å². The van der Waals surface area contributed by atoms with Crippen LogP contribution in [0.3, 0.4) is 0 Å². The zero-order chi connectivity index (χ0) is 7.78. The third-order valence-corrected chi connectivity index (χ3v) is 1.83. The highest BCUT2D eigenvalue weighted by molar-refractivity contribution is 5.26. The molecule has 3 heteroatoms. The predicted molar refractivity (Wildman–Crippen MR) is 39.7 cm³/mol. The molecule has 0 saturated heterocycles. The van der Waals surface area contributed by atoms with E-state index in [4.69, 9.17) is 11.5 Å². The van der Waals surface area contributed by atoms with Crippen LogP contribution in [0.15, 0.2) is 23.9 Å². The van der Waals surface area contributed by atoms with Crippen molar-refractivity contribution in [2.75, 3.05) is 0 Å². The van der Waals surface area contributed by atoms with E-state index in [0.717, 1.165) is 0 Å². The summed E-state index contributed by atoms with van der Waals surface area (Å²) in [5, 5.41) is 9.44. The second-order valence-electron chi connectivity index (χ2n) is 2.62. The van der Waals surface area contributed by atoms with Crippen LogP contribution in [0.1, 0.15) is 6.92 Å². The summed E-state index contributed by atoms with van der Waals surface area (Å²) in [6.45, 7) is 1.82. The molecular formula is C7H12N2O. The molecule has 0 heterocycles. The number of allylic oxidation sites excluding steroid dienone is 2. The maximum atomic E-state index is 9.44. The Kier molecular flexibility index (Phi) is 1.54. The van der Waals surface area contributed by atoms with Crippen LogP contribution in [0, 0.1) is 5.92 Å². The van der Waals surface area contributed by atoms with Crippen molar-refractivity contribution >= 4 is 0 Å². The van der Waals surface area contributed by atoms with E-state index in [1.807, 2.05) is 13.0 Å². The quantitative estimate of drug-likeness (QED) is 0.404. The third-order valence-electron chi connectivity index (χ3n) is 1.83. The smallest absolute Gasteiger partial charge is 0.160 e. The number of rotatable bonds is 0. The fourth-order valence-electron chi connectivity index (χ4n) is 0.869. The van der Waals surface area contributed by atoms with Gasteiger partial charge in [-0.25, -0.2) is 0 Å². The lowest BCUT2D eigenvalue weighted by Crippen LogP contribution is -2.50. The number of hydrogen-bond donors (Lipinski definition) is 3. The molecule has 2 unspecified atom stereocenters. The minimum atomic E-state index is -1.35. The van der Waals surface area contributed by atoms with Crippen LogP contribution in [-0.2, 0) is 0 Å². The minimum Gasteiger partial charge on any atom is -0.399 e. The van der Waals surface area contributed by atoms with Crippen molar-refractivity contribution in [3.63, 3.8) is 0 Å². The van der Waals surface area contributed by atoms with E-state index in [1.165, 1.54) is 0 Å². The minimum absolute atomic E-state index is 0.113. The van der Waals surface area contributed by atoms with Gasteiger partial charge in [0.1, 0.15) is 0 Å². The van der Waals surface area contributed by atoms with Crippen molar-refractivity contribution in [3.05, 3.63) is 23.9 Å². The van der Waals surface area contributed by atoms with E-state index in [-0.39, 0.29) is 5.92 Å². The van der Waals surface area contributed by atoms with E-state index in [1.54, 1.807) is 12.2 Å². The average molecular weight is 140 g/mol. The SMILES string of the molecule is CC1C=CC=C(N)C1(N)O. The van der Waals surface area contributed by atoms with Gasteiger partial charge in [0.25, 0.3) is 0 Å². The molecule has 3 nitrogen and oxygen atoms in total. The summed E-state index contributed by atoms with van der Waals surface area (Å²) in [4.78, 5) is 0. The molecule has 1 rings (SSSR count). The van der Waals surface area contributed by atoms with Gasteiger partial charge in [-0.2, -0.15) is 0 Å². The normalized spacial score (nSPS) is 39.5. The van der Waals surface area contributed by atoms with Crippen molar-refractivity contribution in [2.24, 2.45) is 17.4 Å². The second-order valence-corrected chi connectivity index (χ2v) is 2.62. The van der Waals surface area contributed by atoms with Gasteiger partial charge < -0.3 is 10.8 Å². The molecule has 0 aliphatic heterocycles. The predicted octanol–water partition coefficient (Wildman–Crippen LogP) is -0.318. The molecule has 0 aromatic heterocycles. The first-order valence-electron chi connectivity index (χ1n) is 3.21. The van der Waals surface area contributed by atoms with Gasteiger partial charge in [0.2, 0.25) is 0 Å². The van der Waals surface area contributed by atoms with Crippen LogP contribution < -0.4 is 11.5 Å². The summed E-state index contributed by atoms with van der Waals surface area (Å²) in [6.07, 6.45) is 5.22. The molecule has 10 heavy (non-hydrogen) atoms. The highest BCUT2D eigenvalue weighted by Gasteiger charge is 2.31. The summed E-state index contributed by atoms with van der Waals surface area (Å²) >= 11 is 0. The molecule has 1 aliphatic carbocycles. The van der Waals surface area contributed by atoms with Crippen LogP contribution in [0.4, 0.5) is 0 Å². The van der Waals surface area contributed by atoms with Gasteiger partial charge in [-0.05, 0) is 6.08 Å². The largest absolute Gasteiger partial charge is 0.399 e. The van der Waals surface area contributed by atoms with E-state index < -0.39 is 5.72 Å². The Morgan fingerprint density at radius 1 is 1.70 bits per heavy atom. The molecule has 0 fully saturated rings. The van der Waals surface area contributed by atoms with Gasteiger partial charge in [0.05, 0.1) is 5.70 Å². The lowest BCUT2D eigenvalue weighted by Gasteiger charge is -2.30. The van der Waals surface area contributed by atoms with Crippen molar-refractivity contribution in [1.82, 2.24) is 0 Å². The van der Waals surface area contributed by atoms with E-state index in [9.17, 15) is 5.11 Å². The maximum absolute atomic E-state index is 9.44. The topological polar surface area (TPSA) is 72.3 Å². The zero-order valence-corrected chi connectivity index (χ0v) is 5.91. The van der Waals surface area contributed by atoms with Crippen LogP contribution in [0.25, 0.3) is 0 Å². The molecule has 0 saturated carbocycles. The number of aliphatic hydroxyl groups is 1. The summed E-state index contributed by atoms with van der Waals surface area (Å²) in [5.41, 5.74) is 9.88. The van der Waals surface area contributed by atoms with Gasteiger partial charge in [0, 0.05) is 5.92 Å². The van der Waals surface area contributed by atoms with Crippen LogP contribution in [0.5, 0.6) is 0 Å². The lowest BCUT2D eigenvalue weighted by atomic mass is 9.91. The summed E-state index contributed by atoms with van der Waals surface area (Å²) in [7, 11) is 0. The molecular weight excluding hydrogens is 128 g/mol. The molecule has 0 aromatic rings. The number of nitrogens with two attached hydrogens (primary N) is 2. The van der Waals surface area contributed by atoms with Crippen LogP contribution in [-0.4, -0.2) is 10.8 Å². The van der Waals surface area contributed by atoms with Crippen molar-refractivity contribution < 1.29 is 5.11 Å². The summed E-state index contributed by atoms with van der Waals surface area (Å²) in [6, 6.07) is 0. The van der Waals surface area contributed by atoms with E-state index >= 15 is 0 Å². The highest BCUT2D eigenvalue weighted by Crippen LogP contribution is 2.21. The lowest BCUT2D eigenvalue weighted by molar-refractivity contribution is 0.0460. The first-order chi connectivity index (χ1) is 4.55. The Morgan fingerprint density at radius 3 is 2.70 bits per heavy atom. The summed E-state index contributed by atoms with van der Waals surface area (Å²) in [5.74, 6) is -0.113. The second kappa shape index (κ2) is 2.11. The van der Waals surface area contributed by atoms with E-state index in [0.29, 0.717) is 5.70 Å². The molecule has 5 N–H and O–H groups in total. The molecule has 0 spiro atoms. The average Bonchev–Trinajstić information content (AvgIpc) is 1.84. The molecule has 0 bridgehead atoms. The molecule has 2 atom stereocenters. The Bertz CT molecular complexity index is 194. The van der Waals surface area contributed by atoms with Gasteiger partial charge >= 0.3 is 0 Å².